The highest BCUT2D eigenvalue weighted by Gasteiger charge is 2.03. The predicted molar refractivity (Wildman–Crippen MR) is 66.2 cm³/mol. The smallest absolute Gasteiger partial charge is 0.187 e. The van der Waals surface area contributed by atoms with Crippen LogP contribution in [0.1, 0.15) is 12.6 Å². The SMILES string of the molecule is CCc1csc(Nc2ccc(F)c(Cl)c2)n1. The molecule has 0 radical (unpaired) electrons. The fourth-order valence-electron chi connectivity index (χ4n) is 1.22. The Kier molecular flexibility index (Phi) is 3.41. The molecule has 0 aliphatic heterocycles. The van der Waals surface area contributed by atoms with Gasteiger partial charge >= 0.3 is 0 Å². The Hall–Kier alpha value is -1.13. The van der Waals surface area contributed by atoms with Crippen LogP contribution in [0.25, 0.3) is 0 Å². The highest BCUT2D eigenvalue weighted by atomic mass is 35.5. The molecule has 84 valence electrons. The zero-order valence-corrected chi connectivity index (χ0v) is 10.2. The monoisotopic (exact) mass is 256 g/mol. The summed E-state index contributed by atoms with van der Waals surface area (Å²) in [5.74, 6) is -0.416. The summed E-state index contributed by atoms with van der Waals surface area (Å²) in [5, 5.41) is 5.98. The van der Waals surface area contributed by atoms with Gasteiger partial charge in [0.2, 0.25) is 0 Å². The lowest BCUT2D eigenvalue weighted by Crippen LogP contribution is -1.91. The molecule has 16 heavy (non-hydrogen) atoms. The van der Waals surface area contributed by atoms with Crippen LogP contribution < -0.4 is 5.32 Å². The molecule has 1 heterocycles. The average Bonchev–Trinajstić information content (AvgIpc) is 2.71. The van der Waals surface area contributed by atoms with E-state index in [1.54, 1.807) is 12.1 Å². The van der Waals surface area contributed by atoms with Crippen molar-refractivity contribution in [2.75, 3.05) is 5.32 Å². The fraction of sp³-hybridized carbons (Fsp3) is 0.182. The Balaban J connectivity index is 2.17. The van der Waals surface area contributed by atoms with Gasteiger partial charge in [0.15, 0.2) is 5.13 Å². The number of aromatic nitrogens is 1. The van der Waals surface area contributed by atoms with Gasteiger partial charge in [-0.3, -0.25) is 0 Å². The molecule has 0 fully saturated rings. The van der Waals surface area contributed by atoms with E-state index in [2.05, 4.69) is 10.3 Å². The van der Waals surface area contributed by atoms with Crippen LogP contribution in [-0.4, -0.2) is 4.98 Å². The van der Waals surface area contributed by atoms with E-state index in [9.17, 15) is 4.39 Å². The number of hydrogen-bond acceptors (Lipinski definition) is 3. The first-order valence-corrected chi connectivity index (χ1v) is 6.11. The Labute approximate surface area is 102 Å². The van der Waals surface area contributed by atoms with E-state index in [1.807, 2.05) is 12.3 Å². The van der Waals surface area contributed by atoms with Crippen LogP contribution in [0.3, 0.4) is 0 Å². The first kappa shape index (κ1) is 11.4. The molecule has 1 N–H and O–H groups in total. The van der Waals surface area contributed by atoms with Gasteiger partial charge in [-0.2, -0.15) is 0 Å². The van der Waals surface area contributed by atoms with Gasteiger partial charge in [-0.25, -0.2) is 9.37 Å². The van der Waals surface area contributed by atoms with Gasteiger partial charge < -0.3 is 5.32 Å². The number of nitrogens with one attached hydrogen (secondary N) is 1. The Morgan fingerprint density at radius 3 is 2.94 bits per heavy atom. The zero-order chi connectivity index (χ0) is 11.5. The molecule has 0 spiro atoms. The minimum atomic E-state index is -0.416. The molecule has 1 aromatic heterocycles. The molecule has 2 rings (SSSR count). The van der Waals surface area contributed by atoms with Crippen LogP contribution in [0.5, 0.6) is 0 Å². The molecule has 2 aromatic rings. The van der Waals surface area contributed by atoms with E-state index in [-0.39, 0.29) is 5.02 Å². The van der Waals surface area contributed by atoms with Crippen molar-refractivity contribution in [3.05, 3.63) is 40.1 Å². The number of rotatable bonds is 3. The first-order valence-electron chi connectivity index (χ1n) is 4.85. The van der Waals surface area contributed by atoms with Crippen molar-refractivity contribution in [1.29, 1.82) is 0 Å². The molecular formula is C11H10ClFN2S. The van der Waals surface area contributed by atoms with Gasteiger partial charge in [0.05, 0.1) is 10.7 Å². The molecule has 0 amide bonds. The third kappa shape index (κ3) is 2.51. The molecule has 0 aliphatic carbocycles. The third-order valence-corrected chi connectivity index (χ3v) is 3.18. The minimum absolute atomic E-state index is 0.109. The lowest BCUT2D eigenvalue weighted by atomic mass is 10.3. The normalized spacial score (nSPS) is 10.4. The van der Waals surface area contributed by atoms with E-state index in [4.69, 9.17) is 11.6 Å². The van der Waals surface area contributed by atoms with Gasteiger partial charge in [-0.05, 0) is 24.6 Å². The summed E-state index contributed by atoms with van der Waals surface area (Å²) in [4.78, 5) is 4.35. The largest absolute Gasteiger partial charge is 0.331 e. The summed E-state index contributed by atoms with van der Waals surface area (Å²) in [7, 11) is 0. The van der Waals surface area contributed by atoms with E-state index in [0.29, 0.717) is 0 Å². The second-order valence-corrected chi connectivity index (χ2v) is 4.52. The maximum absolute atomic E-state index is 12.9. The summed E-state index contributed by atoms with van der Waals surface area (Å²) >= 11 is 7.20. The van der Waals surface area contributed by atoms with Crippen molar-refractivity contribution in [2.24, 2.45) is 0 Å². The van der Waals surface area contributed by atoms with E-state index in [1.165, 1.54) is 17.4 Å². The molecule has 1 aromatic carbocycles. The lowest BCUT2D eigenvalue weighted by molar-refractivity contribution is 0.628. The summed E-state index contributed by atoms with van der Waals surface area (Å²) in [5.41, 5.74) is 1.78. The summed E-state index contributed by atoms with van der Waals surface area (Å²) < 4.78 is 12.9. The average molecular weight is 257 g/mol. The molecular weight excluding hydrogens is 247 g/mol. The minimum Gasteiger partial charge on any atom is -0.331 e. The molecule has 0 saturated carbocycles. The van der Waals surface area contributed by atoms with Crippen molar-refractivity contribution < 1.29 is 4.39 Å². The summed E-state index contributed by atoms with van der Waals surface area (Å²) in [6.45, 7) is 2.05. The number of benzene rings is 1. The Bertz CT molecular complexity index is 498. The van der Waals surface area contributed by atoms with Crippen LogP contribution in [0.2, 0.25) is 5.02 Å². The number of anilines is 2. The van der Waals surface area contributed by atoms with Crippen molar-refractivity contribution >= 4 is 33.8 Å². The first-order chi connectivity index (χ1) is 7.69. The zero-order valence-electron chi connectivity index (χ0n) is 8.63. The van der Waals surface area contributed by atoms with Gasteiger partial charge in [0.1, 0.15) is 5.82 Å². The standard InChI is InChI=1S/C11H10ClFN2S/c1-2-7-6-16-11(14-7)15-8-3-4-10(13)9(12)5-8/h3-6H,2H2,1H3,(H,14,15). The van der Waals surface area contributed by atoms with Crippen molar-refractivity contribution in [3.8, 4) is 0 Å². The molecule has 5 heteroatoms. The van der Waals surface area contributed by atoms with Crippen LogP contribution in [0.4, 0.5) is 15.2 Å². The Morgan fingerprint density at radius 2 is 2.31 bits per heavy atom. The van der Waals surface area contributed by atoms with E-state index in [0.717, 1.165) is 22.9 Å². The molecule has 0 unspecified atom stereocenters. The third-order valence-electron chi connectivity index (χ3n) is 2.08. The van der Waals surface area contributed by atoms with Gasteiger partial charge in [0, 0.05) is 11.1 Å². The number of hydrogen-bond donors (Lipinski definition) is 1. The molecule has 0 bridgehead atoms. The van der Waals surface area contributed by atoms with Crippen LogP contribution in [0.15, 0.2) is 23.6 Å². The number of thiazole rings is 1. The van der Waals surface area contributed by atoms with E-state index < -0.39 is 5.82 Å². The van der Waals surface area contributed by atoms with Crippen LogP contribution in [-0.2, 0) is 6.42 Å². The second-order valence-electron chi connectivity index (χ2n) is 3.25. The number of halogens is 2. The molecule has 0 saturated heterocycles. The maximum Gasteiger partial charge on any atom is 0.187 e. The highest BCUT2D eigenvalue weighted by Crippen LogP contribution is 2.24. The molecule has 0 aliphatic rings. The van der Waals surface area contributed by atoms with Crippen molar-refractivity contribution in [2.45, 2.75) is 13.3 Å². The highest BCUT2D eigenvalue weighted by molar-refractivity contribution is 7.13. The number of nitrogens with zero attached hydrogens (tertiary/aromatic N) is 1. The van der Waals surface area contributed by atoms with Gasteiger partial charge in [-0.1, -0.05) is 18.5 Å². The fourth-order valence-corrected chi connectivity index (χ4v) is 2.22. The molecule has 0 atom stereocenters. The lowest BCUT2D eigenvalue weighted by Gasteiger charge is -2.03. The van der Waals surface area contributed by atoms with Crippen molar-refractivity contribution in [1.82, 2.24) is 4.98 Å². The quantitative estimate of drug-likeness (QED) is 0.888. The summed E-state index contributed by atoms with van der Waals surface area (Å²) in [6, 6.07) is 4.51. The Morgan fingerprint density at radius 1 is 1.50 bits per heavy atom. The topological polar surface area (TPSA) is 24.9 Å². The van der Waals surface area contributed by atoms with Crippen LogP contribution in [0, 0.1) is 5.82 Å². The maximum atomic E-state index is 12.9. The number of aryl methyl sites for hydroxylation is 1. The second kappa shape index (κ2) is 4.80. The predicted octanol–water partition coefficient (Wildman–Crippen LogP) is 4.24. The van der Waals surface area contributed by atoms with Crippen LogP contribution >= 0.6 is 22.9 Å². The molecule has 2 nitrogen and oxygen atoms in total. The van der Waals surface area contributed by atoms with E-state index >= 15 is 0 Å². The van der Waals surface area contributed by atoms with Crippen molar-refractivity contribution in [3.63, 3.8) is 0 Å². The summed E-state index contributed by atoms with van der Waals surface area (Å²) in [6.07, 6.45) is 0.905. The van der Waals surface area contributed by atoms with Gasteiger partial charge in [-0.15, -0.1) is 11.3 Å². The van der Waals surface area contributed by atoms with Gasteiger partial charge in [0.25, 0.3) is 0 Å².